The number of ether oxygens (including phenoxy) is 1. The molecule has 0 aliphatic rings. The molecule has 2 rings (SSSR count). The summed E-state index contributed by atoms with van der Waals surface area (Å²) in [5.74, 6) is 1.54. The maximum Gasteiger partial charge on any atom is 0.191 e. The molecule has 23 heavy (non-hydrogen) atoms. The molecule has 0 bridgehead atoms. The molecular formula is C15H23IN6O. The first kappa shape index (κ1) is 19.4. The van der Waals surface area contributed by atoms with Crippen molar-refractivity contribution in [3.05, 3.63) is 42.4 Å². The molecule has 0 spiro atoms. The zero-order valence-electron chi connectivity index (χ0n) is 13.4. The van der Waals surface area contributed by atoms with Crippen molar-refractivity contribution in [2.45, 2.75) is 13.5 Å². The van der Waals surface area contributed by atoms with E-state index in [-0.39, 0.29) is 24.0 Å². The summed E-state index contributed by atoms with van der Waals surface area (Å²) in [6, 6.07) is 5.83. The summed E-state index contributed by atoms with van der Waals surface area (Å²) in [5, 5.41) is 10.6. The van der Waals surface area contributed by atoms with Crippen molar-refractivity contribution in [1.29, 1.82) is 0 Å². The molecule has 0 unspecified atom stereocenters. The van der Waals surface area contributed by atoms with E-state index in [0.29, 0.717) is 13.2 Å². The topological polar surface area (TPSA) is 76.4 Å². The number of hydrogen-bond acceptors (Lipinski definition) is 4. The van der Waals surface area contributed by atoms with E-state index in [9.17, 15) is 0 Å². The second-order valence-electron chi connectivity index (χ2n) is 4.52. The van der Waals surface area contributed by atoms with Crippen LogP contribution < -0.4 is 10.6 Å². The van der Waals surface area contributed by atoms with Crippen molar-refractivity contribution in [2.75, 3.05) is 26.8 Å². The minimum Gasteiger partial charge on any atom is -0.380 e. The van der Waals surface area contributed by atoms with Crippen LogP contribution in [-0.4, -0.2) is 47.5 Å². The van der Waals surface area contributed by atoms with Crippen molar-refractivity contribution in [3.8, 4) is 5.82 Å². The zero-order chi connectivity index (χ0) is 15.6. The van der Waals surface area contributed by atoms with Crippen LogP contribution in [0.15, 0.2) is 41.8 Å². The Labute approximate surface area is 153 Å². The molecule has 0 fully saturated rings. The highest BCUT2D eigenvalue weighted by Gasteiger charge is 2.02. The molecule has 7 nitrogen and oxygen atoms in total. The molecule has 0 atom stereocenters. The van der Waals surface area contributed by atoms with Gasteiger partial charge in [-0.25, -0.2) is 9.67 Å². The van der Waals surface area contributed by atoms with Gasteiger partial charge in [0.25, 0.3) is 0 Å². The fourth-order valence-electron chi connectivity index (χ4n) is 1.89. The SMILES string of the molecule is CCOCCNC(=NC)NCc1ccnc(-n2cccn2)c1.I. The molecule has 2 aromatic rings. The molecule has 126 valence electrons. The summed E-state index contributed by atoms with van der Waals surface area (Å²) in [4.78, 5) is 8.49. The third-order valence-electron chi connectivity index (χ3n) is 2.98. The molecule has 0 saturated heterocycles. The second kappa shape index (κ2) is 10.9. The van der Waals surface area contributed by atoms with E-state index < -0.39 is 0 Å². The number of aliphatic imine (C=N–C) groups is 1. The predicted octanol–water partition coefficient (Wildman–Crippen LogP) is 1.59. The first-order valence-electron chi connectivity index (χ1n) is 7.30. The van der Waals surface area contributed by atoms with Crippen LogP contribution in [-0.2, 0) is 11.3 Å². The minimum absolute atomic E-state index is 0. The quantitative estimate of drug-likeness (QED) is 0.302. The van der Waals surface area contributed by atoms with Crippen LogP contribution in [0.3, 0.4) is 0 Å². The highest BCUT2D eigenvalue weighted by Crippen LogP contribution is 2.05. The van der Waals surface area contributed by atoms with Crippen molar-refractivity contribution < 1.29 is 4.74 Å². The number of pyridine rings is 1. The fourth-order valence-corrected chi connectivity index (χ4v) is 1.89. The van der Waals surface area contributed by atoms with Gasteiger partial charge in [-0.15, -0.1) is 24.0 Å². The standard InChI is InChI=1S/C15H22N6O.HI/c1-3-22-10-8-18-15(16-2)19-12-13-5-7-17-14(11-13)21-9-4-6-20-21;/h4-7,9,11H,3,8,10,12H2,1-2H3,(H2,16,18,19);1H. The highest BCUT2D eigenvalue weighted by molar-refractivity contribution is 14.0. The Hall–Kier alpha value is -1.68. The average molecular weight is 430 g/mol. The number of rotatable bonds is 7. The Morgan fingerprint density at radius 3 is 2.91 bits per heavy atom. The molecule has 0 aliphatic heterocycles. The molecule has 2 heterocycles. The molecule has 0 radical (unpaired) electrons. The molecule has 8 heteroatoms. The van der Waals surface area contributed by atoms with Crippen molar-refractivity contribution in [2.24, 2.45) is 4.99 Å². The third-order valence-corrected chi connectivity index (χ3v) is 2.98. The number of hydrogen-bond donors (Lipinski definition) is 2. The van der Waals surface area contributed by atoms with Gasteiger partial charge in [0.05, 0.1) is 6.61 Å². The van der Waals surface area contributed by atoms with Gasteiger partial charge in [-0.3, -0.25) is 4.99 Å². The van der Waals surface area contributed by atoms with Crippen LogP contribution in [0.4, 0.5) is 0 Å². The number of guanidine groups is 1. The number of nitrogens with one attached hydrogen (secondary N) is 2. The monoisotopic (exact) mass is 430 g/mol. The van der Waals surface area contributed by atoms with Gasteiger partial charge in [0.15, 0.2) is 11.8 Å². The Morgan fingerprint density at radius 1 is 1.35 bits per heavy atom. The molecular weight excluding hydrogens is 407 g/mol. The molecule has 0 amide bonds. The van der Waals surface area contributed by atoms with E-state index in [1.165, 1.54) is 0 Å². The largest absolute Gasteiger partial charge is 0.380 e. The lowest BCUT2D eigenvalue weighted by atomic mass is 10.2. The lowest BCUT2D eigenvalue weighted by molar-refractivity contribution is 0.152. The van der Waals surface area contributed by atoms with Crippen LogP contribution in [0.5, 0.6) is 0 Å². The molecule has 0 aliphatic carbocycles. The van der Waals surface area contributed by atoms with Crippen molar-refractivity contribution in [1.82, 2.24) is 25.4 Å². The van der Waals surface area contributed by atoms with E-state index >= 15 is 0 Å². The number of aromatic nitrogens is 3. The lowest BCUT2D eigenvalue weighted by Gasteiger charge is -2.12. The van der Waals surface area contributed by atoms with Crippen LogP contribution in [0.2, 0.25) is 0 Å². The van der Waals surface area contributed by atoms with Crippen LogP contribution >= 0.6 is 24.0 Å². The summed E-state index contributed by atoms with van der Waals surface area (Å²) in [7, 11) is 1.75. The Bertz CT molecular complexity index is 587. The molecule has 2 N–H and O–H groups in total. The van der Waals surface area contributed by atoms with Crippen LogP contribution in [0.25, 0.3) is 5.82 Å². The maximum absolute atomic E-state index is 5.29. The Balaban J connectivity index is 0.00000264. The fraction of sp³-hybridized carbons (Fsp3) is 0.400. The average Bonchev–Trinajstić information content (AvgIpc) is 3.09. The number of halogens is 1. The summed E-state index contributed by atoms with van der Waals surface area (Å²) in [6.45, 7) is 4.75. The first-order valence-corrected chi connectivity index (χ1v) is 7.30. The van der Waals surface area contributed by atoms with Gasteiger partial charge in [-0.2, -0.15) is 5.10 Å². The normalized spacial score (nSPS) is 11.0. The van der Waals surface area contributed by atoms with E-state index in [2.05, 4.69) is 25.7 Å². The van der Waals surface area contributed by atoms with Crippen LogP contribution in [0, 0.1) is 0 Å². The van der Waals surface area contributed by atoms with E-state index in [4.69, 9.17) is 4.74 Å². The van der Waals surface area contributed by atoms with E-state index in [1.54, 1.807) is 24.1 Å². The summed E-state index contributed by atoms with van der Waals surface area (Å²) in [5.41, 5.74) is 1.10. The second-order valence-corrected chi connectivity index (χ2v) is 4.52. The predicted molar refractivity (Wildman–Crippen MR) is 101 cm³/mol. The number of nitrogens with zero attached hydrogens (tertiary/aromatic N) is 4. The smallest absolute Gasteiger partial charge is 0.191 e. The first-order chi connectivity index (χ1) is 10.8. The molecule has 0 saturated carbocycles. The van der Waals surface area contributed by atoms with Gasteiger partial charge < -0.3 is 15.4 Å². The van der Waals surface area contributed by atoms with Crippen molar-refractivity contribution >= 4 is 29.9 Å². The highest BCUT2D eigenvalue weighted by atomic mass is 127. The summed E-state index contributed by atoms with van der Waals surface area (Å²) in [6.07, 6.45) is 5.38. The van der Waals surface area contributed by atoms with Crippen LogP contribution in [0.1, 0.15) is 12.5 Å². The molecule has 0 aromatic carbocycles. The van der Waals surface area contributed by atoms with Gasteiger partial charge in [0.1, 0.15) is 0 Å². The Morgan fingerprint density at radius 2 is 2.22 bits per heavy atom. The van der Waals surface area contributed by atoms with Gasteiger partial charge >= 0.3 is 0 Å². The van der Waals surface area contributed by atoms with Gasteiger partial charge in [-0.05, 0) is 30.7 Å². The Kier molecular flexibility index (Phi) is 9.22. The zero-order valence-corrected chi connectivity index (χ0v) is 15.7. The maximum atomic E-state index is 5.29. The van der Waals surface area contributed by atoms with Gasteiger partial charge in [0, 0.05) is 45.3 Å². The van der Waals surface area contributed by atoms with Gasteiger partial charge in [-0.1, -0.05) is 0 Å². The summed E-state index contributed by atoms with van der Waals surface area (Å²) >= 11 is 0. The van der Waals surface area contributed by atoms with Crippen molar-refractivity contribution in [3.63, 3.8) is 0 Å². The minimum atomic E-state index is 0. The van der Waals surface area contributed by atoms with E-state index in [0.717, 1.165) is 30.5 Å². The third kappa shape index (κ3) is 6.53. The summed E-state index contributed by atoms with van der Waals surface area (Å²) < 4.78 is 7.02. The van der Waals surface area contributed by atoms with Gasteiger partial charge in [0.2, 0.25) is 0 Å². The molecule has 2 aromatic heterocycles. The lowest BCUT2D eigenvalue weighted by Crippen LogP contribution is -2.38. The van der Waals surface area contributed by atoms with E-state index in [1.807, 2.05) is 31.3 Å².